The number of rotatable bonds is 3. The Morgan fingerprint density at radius 2 is 2.10 bits per heavy atom. The van der Waals surface area contributed by atoms with Gasteiger partial charge in [0, 0.05) is 0 Å². The fourth-order valence-corrected chi connectivity index (χ4v) is 2.56. The SMILES string of the molecule is Cc1oc(CN2CCC(C(F)(F)F)CC2)cc1C(=O)NN. The van der Waals surface area contributed by atoms with Crippen molar-refractivity contribution in [3.05, 3.63) is 23.2 Å². The number of nitrogens with one attached hydrogen (secondary N) is 1. The lowest BCUT2D eigenvalue weighted by Crippen LogP contribution is -2.38. The van der Waals surface area contributed by atoms with Gasteiger partial charge in [-0.05, 0) is 38.9 Å². The Kier molecular flexibility index (Phi) is 4.58. The number of likely N-dealkylation sites (tertiary alicyclic amines) is 1. The number of nitrogens with zero attached hydrogens (tertiary/aromatic N) is 1. The first kappa shape index (κ1) is 15.8. The zero-order valence-electron chi connectivity index (χ0n) is 11.7. The van der Waals surface area contributed by atoms with Crippen LogP contribution in [-0.2, 0) is 6.54 Å². The Labute approximate surface area is 120 Å². The molecule has 5 nitrogen and oxygen atoms in total. The van der Waals surface area contributed by atoms with Crippen molar-refractivity contribution in [2.45, 2.75) is 32.5 Å². The molecule has 1 aromatic heterocycles. The molecule has 0 aliphatic carbocycles. The number of nitrogens with two attached hydrogens (primary N) is 1. The molecule has 0 radical (unpaired) electrons. The van der Waals surface area contributed by atoms with E-state index < -0.39 is 18.0 Å². The molecule has 1 aliphatic heterocycles. The van der Waals surface area contributed by atoms with Gasteiger partial charge in [-0.25, -0.2) is 5.84 Å². The molecule has 0 unspecified atom stereocenters. The van der Waals surface area contributed by atoms with Crippen LogP contribution in [0.25, 0.3) is 0 Å². The van der Waals surface area contributed by atoms with Crippen LogP contribution in [0.15, 0.2) is 10.5 Å². The summed E-state index contributed by atoms with van der Waals surface area (Å²) in [4.78, 5) is 13.4. The van der Waals surface area contributed by atoms with Crippen LogP contribution in [-0.4, -0.2) is 30.1 Å². The van der Waals surface area contributed by atoms with Gasteiger partial charge in [0.1, 0.15) is 11.5 Å². The maximum Gasteiger partial charge on any atom is 0.391 e. The summed E-state index contributed by atoms with van der Waals surface area (Å²) in [7, 11) is 0. The van der Waals surface area contributed by atoms with Crippen molar-refractivity contribution in [3.63, 3.8) is 0 Å². The largest absolute Gasteiger partial charge is 0.464 e. The first-order valence-electron chi connectivity index (χ1n) is 6.70. The van der Waals surface area contributed by atoms with E-state index in [4.69, 9.17) is 10.3 Å². The average Bonchev–Trinajstić information content (AvgIpc) is 2.78. The van der Waals surface area contributed by atoms with Gasteiger partial charge in [-0.3, -0.25) is 15.1 Å². The number of halogens is 3. The number of furan rings is 1. The fourth-order valence-electron chi connectivity index (χ4n) is 2.56. The summed E-state index contributed by atoms with van der Waals surface area (Å²) in [6.45, 7) is 2.76. The van der Waals surface area contributed by atoms with E-state index in [1.54, 1.807) is 13.0 Å². The fraction of sp³-hybridized carbons (Fsp3) is 0.615. The van der Waals surface area contributed by atoms with E-state index in [9.17, 15) is 18.0 Å². The zero-order chi connectivity index (χ0) is 15.6. The van der Waals surface area contributed by atoms with Crippen molar-refractivity contribution >= 4 is 5.91 Å². The highest BCUT2D eigenvalue weighted by Crippen LogP contribution is 2.34. The molecule has 0 spiro atoms. The molecule has 2 heterocycles. The molecule has 1 fully saturated rings. The molecule has 0 bridgehead atoms. The Bertz CT molecular complexity index is 505. The van der Waals surface area contributed by atoms with Crippen LogP contribution in [0, 0.1) is 12.8 Å². The van der Waals surface area contributed by atoms with E-state index >= 15 is 0 Å². The van der Waals surface area contributed by atoms with Crippen molar-refractivity contribution in [2.24, 2.45) is 11.8 Å². The standard InChI is InChI=1S/C13H18F3N3O2/c1-8-11(12(20)18-17)6-10(21-8)7-19-4-2-9(3-5-19)13(14,15)16/h6,9H,2-5,7,17H2,1H3,(H,18,20). The highest BCUT2D eigenvalue weighted by Gasteiger charge is 2.41. The monoisotopic (exact) mass is 305 g/mol. The molecule has 118 valence electrons. The van der Waals surface area contributed by atoms with Gasteiger partial charge in [0.05, 0.1) is 18.0 Å². The molecule has 21 heavy (non-hydrogen) atoms. The van der Waals surface area contributed by atoms with E-state index in [2.05, 4.69) is 0 Å². The summed E-state index contributed by atoms with van der Waals surface area (Å²) in [6, 6.07) is 1.58. The topological polar surface area (TPSA) is 71.5 Å². The summed E-state index contributed by atoms with van der Waals surface area (Å²) in [5.74, 6) is 4.40. The summed E-state index contributed by atoms with van der Waals surface area (Å²) in [5.41, 5.74) is 2.37. The maximum atomic E-state index is 12.6. The number of amides is 1. The first-order chi connectivity index (χ1) is 9.81. The number of aryl methyl sites for hydroxylation is 1. The van der Waals surface area contributed by atoms with Crippen molar-refractivity contribution in [3.8, 4) is 0 Å². The Morgan fingerprint density at radius 3 is 2.62 bits per heavy atom. The van der Waals surface area contributed by atoms with Gasteiger partial charge >= 0.3 is 6.18 Å². The van der Waals surface area contributed by atoms with Crippen LogP contribution >= 0.6 is 0 Å². The van der Waals surface area contributed by atoms with Gasteiger partial charge in [-0.1, -0.05) is 0 Å². The quantitative estimate of drug-likeness (QED) is 0.509. The third-order valence-electron chi connectivity index (χ3n) is 3.77. The van der Waals surface area contributed by atoms with Gasteiger partial charge in [0.15, 0.2) is 0 Å². The second-order valence-electron chi connectivity index (χ2n) is 5.25. The molecule has 2 rings (SSSR count). The molecule has 3 N–H and O–H groups in total. The molecule has 1 aliphatic rings. The third-order valence-corrected chi connectivity index (χ3v) is 3.77. The summed E-state index contributed by atoms with van der Waals surface area (Å²) in [6.07, 6.45) is -3.92. The van der Waals surface area contributed by atoms with Gasteiger partial charge in [0.25, 0.3) is 5.91 Å². The minimum Gasteiger partial charge on any atom is -0.464 e. The molecule has 0 aromatic carbocycles. The third kappa shape index (κ3) is 3.76. The van der Waals surface area contributed by atoms with Gasteiger partial charge < -0.3 is 4.42 Å². The Balaban J connectivity index is 1.94. The second-order valence-corrected chi connectivity index (χ2v) is 5.25. The molecule has 1 aromatic rings. The molecule has 1 saturated heterocycles. The predicted octanol–water partition coefficient (Wildman–Crippen LogP) is 1.97. The van der Waals surface area contributed by atoms with Crippen molar-refractivity contribution in [1.29, 1.82) is 0 Å². The first-order valence-corrected chi connectivity index (χ1v) is 6.70. The number of carbonyl (C=O) groups excluding carboxylic acids is 1. The maximum absolute atomic E-state index is 12.6. The minimum atomic E-state index is -4.11. The van der Waals surface area contributed by atoms with Crippen molar-refractivity contribution in [2.75, 3.05) is 13.1 Å². The van der Waals surface area contributed by atoms with Crippen LogP contribution in [0.2, 0.25) is 0 Å². The minimum absolute atomic E-state index is 0.0966. The average molecular weight is 305 g/mol. The van der Waals surface area contributed by atoms with Gasteiger partial charge in [-0.15, -0.1) is 0 Å². The number of carbonyl (C=O) groups is 1. The number of alkyl halides is 3. The Hall–Kier alpha value is -1.54. The number of nitrogen functional groups attached to an aromatic ring is 1. The molecular formula is C13H18F3N3O2. The summed E-state index contributed by atoms with van der Waals surface area (Å²) < 4.78 is 43.2. The van der Waals surface area contributed by atoms with Crippen LogP contribution < -0.4 is 11.3 Å². The van der Waals surface area contributed by atoms with Gasteiger partial charge in [0.2, 0.25) is 0 Å². The molecule has 0 atom stereocenters. The van der Waals surface area contributed by atoms with E-state index in [0.717, 1.165) is 0 Å². The number of hydrogen-bond donors (Lipinski definition) is 2. The highest BCUT2D eigenvalue weighted by molar-refractivity contribution is 5.94. The number of hydrazine groups is 1. The molecular weight excluding hydrogens is 287 g/mol. The van der Waals surface area contributed by atoms with Crippen LogP contribution in [0.5, 0.6) is 0 Å². The zero-order valence-corrected chi connectivity index (χ0v) is 11.7. The van der Waals surface area contributed by atoms with E-state index in [1.165, 1.54) is 0 Å². The van der Waals surface area contributed by atoms with Crippen LogP contribution in [0.1, 0.15) is 34.7 Å². The van der Waals surface area contributed by atoms with E-state index in [0.29, 0.717) is 36.7 Å². The number of hydrogen-bond acceptors (Lipinski definition) is 4. The predicted molar refractivity (Wildman–Crippen MR) is 69.2 cm³/mol. The second kappa shape index (κ2) is 6.07. The normalized spacial score (nSPS) is 18.0. The van der Waals surface area contributed by atoms with Crippen molar-refractivity contribution in [1.82, 2.24) is 10.3 Å². The lowest BCUT2D eigenvalue weighted by atomic mass is 9.96. The smallest absolute Gasteiger partial charge is 0.391 e. The van der Waals surface area contributed by atoms with Gasteiger partial charge in [-0.2, -0.15) is 13.2 Å². The van der Waals surface area contributed by atoms with E-state index in [-0.39, 0.29) is 12.8 Å². The molecule has 8 heteroatoms. The Morgan fingerprint density at radius 1 is 1.48 bits per heavy atom. The summed E-state index contributed by atoms with van der Waals surface area (Å²) >= 11 is 0. The highest BCUT2D eigenvalue weighted by atomic mass is 19.4. The number of piperidine rings is 1. The molecule has 1 amide bonds. The molecule has 0 saturated carbocycles. The lowest BCUT2D eigenvalue weighted by Gasteiger charge is -2.32. The van der Waals surface area contributed by atoms with Crippen LogP contribution in [0.3, 0.4) is 0 Å². The lowest BCUT2D eigenvalue weighted by molar-refractivity contribution is -0.185. The van der Waals surface area contributed by atoms with E-state index in [1.807, 2.05) is 10.3 Å². The van der Waals surface area contributed by atoms with Crippen LogP contribution in [0.4, 0.5) is 13.2 Å². The van der Waals surface area contributed by atoms with Crippen molar-refractivity contribution < 1.29 is 22.4 Å². The summed E-state index contributed by atoms with van der Waals surface area (Å²) in [5, 5.41) is 0.